The zero-order valence-electron chi connectivity index (χ0n) is 10.8. The predicted octanol–water partition coefficient (Wildman–Crippen LogP) is 2.48. The van der Waals surface area contributed by atoms with Gasteiger partial charge in [0, 0.05) is 12.1 Å². The molecule has 0 aromatic rings. The van der Waals surface area contributed by atoms with Crippen LogP contribution >= 0.6 is 0 Å². The van der Waals surface area contributed by atoms with Crippen LogP contribution in [-0.2, 0) is 0 Å². The van der Waals surface area contributed by atoms with Crippen molar-refractivity contribution in [2.75, 3.05) is 13.6 Å². The molecule has 2 nitrogen and oxygen atoms in total. The molecule has 0 rings (SSSR count). The summed E-state index contributed by atoms with van der Waals surface area (Å²) in [6.07, 6.45) is 2.51. The third-order valence-corrected chi connectivity index (χ3v) is 2.72. The molecule has 0 heterocycles. The van der Waals surface area contributed by atoms with E-state index >= 15 is 0 Å². The van der Waals surface area contributed by atoms with Gasteiger partial charge in [0.15, 0.2) is 0 Å². The van der Waals surface area contributed by atoms with E-state index in [4.69, 9.17) is 5.73 Å². The van der Waals surface area contributed by atoms with Gasteiger partial charge in [0.25, 0.3) is 0 Å². The number of unbranched alkanes of at least 4 members (excludes halogenated alkanes) is 1. The summed E-state index contributed by atoms with van der Waals surface area (Å²) in [6, 6.07) is 0.700. The van der Waals surface area contributed by atoms with Crippen LogP contribution in [0.15, 0.2) is 0 Å². The molecule has 0 aliphatic heterocycles. The van der Waals surface area contributed by atoms with Crippen LogP contribution < -0.4 is 5.73 Å². The largest absolute Gasteiger partial charge is 0.327 e. The van der Waals surface area contributed by atoms with Gasteiger partial charge in [-0.25, -0.2) is 0 Å². The van der Waals surface area contributed by atoms with Crippen LogP contribution in [-0.4, -0.2) is 30.6 Å². The maximum absolute atomic E-state index is 6.05. The summed E-state index contributed by atoms with van der Waals surface area (Å²) in [6.45, 7) is 12.3. The third-order valence-electron chi connectivity index (χ3n) is 2.72. The lowest BCUT2D eigenvalue weighted by Gasteiger charge is -2.40. The minimum absolute atomic E-state index is 0.233. The van der Waals surface area contributed by atoms with Gasteiger partial charge in [-0.15, -0.1) is 0 Å². The topological polar surface area (TPSA) is 29.3 Å². The van der Waals surface area contributed by atoms with Gasteiger partial charge in [0.05, 0.1) is 0 Å². The van der Waals surface area contributed by atoms with Gasteiger partial charge < -0.3 is 10.6 Å². The molecule has 0 fully saturated rings. The van der Waals surface area contributed by atoms with Gasteiger partial charge in [0.1, 0.15) is 0 Å². The third kappa shape index (κ3) is 4.43. The zero-order valence-corrected chi connectivity index (χ0v) is 10.8. The van der Waals surface area contributed by atoms with Crippen LogP contribution in [0.25, 0.3) is 0 Å². The molecule has 0 amide bonds. The number of likely N-dealkylation sites (N-methyl/N-ethyl adjacent to an activating group) is 1. The Morgan fingerprint density at radius 1 is 1.29 bits per heavy atom. The summed E-state index contributed by atoms with van der Waals surface area (Å²) in [5.74, 6) is 0. The Balaban J connectivity index is 4.34. The monoisotopic (exact) mass is 200 g/mol. The molecule has 2 N–H and O–H groups in total. The van der Waals surface area contributed by atoms with E-state index < -0.39 is 0 Å². The molecule has 0 saturated carbocycles. The summed E-state index contributed by atoms with van der Waals surface area (Å²) in [5.41, 5.74) is 6.31. The molecule has 14 heavy (non-hydrogen) atoms. The fraction of sp³-hybridized carbons (Fsp3) is 1.00. The Morgan fingerprint density at radius 3 is 2.07 bits per heavy atom. The number of rotatable bonds is 5. The maximum Gasteiger partial charge on any atom is 0.0289 e. The molecule has 2 atom stereocenters. The first-order valence-electron chi connectivity index (χ1n) is 5.76. The quantitative estimate of drug-likeness (QED) is 0.739. The second-order valence-corrected chi connectivity index (χ2v) is 5.50. The second-order valence-electron chi connectivity index (χ2n) is 5.50. The van der Waals surface area contributed by atoms with Crippen molar-refractivity contribution in [2.24, 2.45) is 11.1 Å². The first-order valence-corrected chi connectivity index (χ1v) is 5.76. The van der Waals surface area contributed by atoms with Gasteiger partial charge in [-0.3, -0.25) is 0 Å². The number of hydrogen-bond acceptors (Lipinski definition) is 2. The number of nitrogens with two attached hydrogens (primary N) is 1. The van der Waals surface area contributed by atoms with Crippen LogP contribution in [0.4, 0.5) is 0 Å². The summed E-state index contributed by atoms with van der Waals surface area (Å²) < 4.78 is 0. The minimum Gasteiger partial charge on any atom is -0.327 e. The summed E-state index contributed by atoms with van der Waals surface area (Å²) >= 11 is 0. The summed E-state index contributed by atoms with van der Waals surface area (Å²) in [7, 11) is 2.19. The van der Waals surface area contributed by atoms with E-state index in [0.29, 0.717) is 6.04 Å². The molecule has 0 aromatic carbocycles. The Morgan fingerprint density at radius 2 is 1.79 bits per heavy atom. The first kappa shape index (κ1) is 13.9. The zero-order chi connectivity index (χ0) is 11.4. The molecule has 2 unspecified atom stereocenters. The van der Waals surface area contributed by atoms with Crippen LogP contribution in [0.1, 0.15) is 47.5 Å². The average molecular weight is 200 g/mol. The number of nitrogens with zero attached hydrogens (tertiary/aromatic N) is 1. The highest BCUT2D eigenvalue weighted by atomic mass is 15.2. The van der Waals surface area contributed by atoms with E-state index in [0.717, 1.165) is 6.54 Å². The second kappa shape index (κ2) is 5.72. The molecular weight excluding hydrogens is 172 g/mol. The molecule has 0 saturated heterocycles. The van der Waals surface area contributed by atoms with Crippen molar-refractivity contribution in [1.29, 1.82) is 0 Å². The van der Waals surface area contributed by atoms with E-state index in [1.165, 1.54) is 12.8 Å². The van der Waals surface area contributed by atoms with Gasteiger partial charge in [-0.1, -0.05) is 34.1 Å². The summed E-state index contributed by atoms with van der Waals surface area (Å²) in [5, 5.41) is 0. The normalized spacial score (nSPS) is 17.1. The van der Waals surface area contributed by atoms with Crippen molar-refractivity contribution < 1.29 is 0 Å². The lowest BCUT2D eigenvalue weighted by molar-refractivity contribution is 0.105. The molecule has 86 valence electrons. The van der Waals surface area contributed by atoms with Gasteiger partial charge in [-0.2, -0.15) is 0 Å². The van der Waals surface area contributed by atoms with E-state index in [1.54, 1.807) is 0 Å². The van der Waals surface area contributed by atoms with E-state index in [2.05, 4.69) is 46.6 Å². The highest BCUT2D eigenvalue weighted by Gasteiger charge is 2.30. The first-order chi connectivity index (χ1) is 6.30. The van der Waals surface area contributed by atoms with Crippen LogP contribution in [0.2, 0.25) is 0 Å². The van der Waals surface area contributed by atoms with Crippen molar-refractivity contribution in [2.45, 2.75) is 59.5 Å². The lowest BCUT2D eigenvalue weighted by Crippen LogP contribution is -2.52. The molecule has 0 radical (unpaired) electrons. The standard InChI is InChI=1S/C12H28N2/c1-7-8-9-14(6)11(10(2)13)12(3,4)5/h10-11H,7-9,13H2,1-6H3. The Hall–Kier alpha value is -0.0800. The van der Waals surface area contributed by atoms with Crippen molar-refractivity contribution in [1.82, 2.24) is 4.90 Å². The van der Waals surface area contributed by atoms with Crippen molar-refractivity contribution in [3.63, 3.8) is 0 Å². The van der Waals surface area contributed by atoms with E-state index in [-0.39, 0.29) is 11.5 Å². The fourth-order valence-corrected chi connectivity index (χ4v) is 2.40. The fourth-order valence-electron chi connectivity index (χ4n) is 2.40. The Bertz CT molecular complexity index is 147. The molecule has 0 aliphatic carbocycles. The summed E-state index contributed by atoms with van der Waals surface area (Å²) in [4.78, 5) is 2.41. The highest BCUT2D eigenvalue weighted by Crippen LogP contribution is 2.25. The Labute approximate surface area is 89.9 Å². The van der Waals surface area contributed by atoms with Crippen LogP contribution in [0.5, 0.6) is 0 Å². The smallest absolute Gasteiger partial charge is 0.0289 e. The lowest BCUT2D eigenvalue weighted by atomic mass is 9.82. The maximum atomic E-state index is 6.05. The molecule has 0 aliphatic rings. The van der Waals surface area contributed by atoms with Crippen molar-refractivity contribution >= 4 is 0 Å². The van der Waals surface area contributed by atoms with Crippen LogP contribution in [0, 0.1) is 5.41 Å². The molecule has 2 heteroatoms. The van der Waals surface area contributed by atoms with Gasteiger partial charge in [-0.05, 0) is 32.4 Å². The van der Waals surface area contributed by atoms with Crippen molar-refractivity contribution in [3.8, 4) is 0 Å². The van der Waals surface area contributed by atoms with E-state index in [1.807, 2.05) is 0 Å². The van der Waals surface area contributed by atoms with Crippen LogP contribution in [0.3, 0.4) is 0 Å². The van der Waals surface area contributed by atoms with E-state index in [9.17, 15) is 0 Å². The minimum atomic E-state index is 0.233. The van der Waals surface area contributed by atoms with Gasteiger partial charge in [0.2, 0.25) is 0 Å². The number of hydrogen-bond donors (Lipinski definition) is 1. The molecule has 0 spiro atoms. The molecule has 0 bridgehead atoms. The molecule has 0 aromatic heterocycles. The predicted molar refractivity (Wildman–Crippen MR) is 64.4 cm³/mol. The van der Waals surface area contributed by atoms with Crippen molar-refractivity contribution in [3.05, 3.63) is 0 Å². The Kier molecular flexibility index (Phi) is 5.68. The molecular formula is C12H28N2. The highest BCUT2D eigenvalue weighted by molar-refractivity contribution is 4.87. The average Bonchev–Trinajstić information content (AvgIpc) is 1.97. The van der Waals surface area contributed by atoms with Gasteiger partial charge >= 0.3 is 0 Å². The SMILES string of the molecule is CCCCN(C)C(C(C)N)C(C)(C)C.